The van der Waals surface area contributed by atoms with E-state index in [0.717, 1.165) is 6.20 Å². The van der Waals surface area contributed by atoms with Gasteiger partial charge >= 0.3 is 5.69 Å². The summed E-state index contributed by atoms with van der Waals surface area (Å²) < 4.78 is 6.48. The second-order valence-electron chi connectivity index (χ2n) is 4.85. The van der Waals surface area contributed by atoms with E-state index in [9.17, 15) is 20.2 Å². The molecule has 0 atom stereocenters. The normalized spacial score (nSPS) is 10.7. The molecule has 0 fully saturated rings. The fraction of sp³-hybridized carbons (Fsp3) is 0.154. The van der Waals surface area contributed by atoms with E-state index in [-0.39, 0.29) is 29.6 Å². The van der Waals surface area contributed by atoms with Gasteiger partial charge in [0.1, 0.15) is 18.4 Å². The van der Waals surface area contributed by atoms with Gasteiger partial charge in [-0.3, -0.25) is 24.9 Å². The van der Waals surface area contributed by atoms with Crippen LogP contribution >= 0.6 is 0 Å². The molecule has 3 aromatic rings. The van der Waals surface area contributed by atoms with Crippen LogP contribution in [-0.2, 0) is 6.54 Å². The minimum atomic E-state index is -0.519. The van der Waals surface area contributed by atoms with Crippen molar-refractivity contribution < 1.29 is 14.4 Å². The number of hydrogen-bond donors (Lipinski definition) is 0. The monoisotopic (exact) mass is 330 g/mol. The summed E-state index contributed by atoms with van der Waals surface area (Å²) in [5, 5.41) is 29.2. The van der Waals surface area contributed by atoms with Crippen LogP contribution in [0.1, 0.15) is 11.6 Å². The van der Waals surface area contributed by atoms with E-state index < -0.39 is 9.85 Å². The van der Waals surface area contributed by atoms with Crippen molar-refractivity contribution in [3.8, 4) is 11.4 Å². The quantitative estimate of drug-likeness (QED) is 0.511. The van der Waals surface area contributed by atoms with Gasteiger partial charge in [-0.1, -0.05) is 5.16 Å². The smallest absolute Gasteiger partial charge is 0.309 e. The van der Waals surface area contributed by atoms with Crippen molar-refractivity contribution in [3.05, 3.63) is 62.3 Å². The van der Waals surface area contributed by atoms with Crippen LogP contribution < -0.4 is 0 Å². The molecule has 0 N–H and O–H groups in total. The Kier molecular flexibility index (Phi) is 3.74. The Morgan fingerprint density at radius 2 is 1.88 bits per heavy atom. The fourth-order valence-corrected chi connectivity index (χ4v) is 2.07. The number of benzene rings is 1. The zero-order valence-corrected chi connectivity index (χ0v) is 12.3. The molecule has 1 aromatic carbocycles. The lowest BCUT2D eigenvalue weighted by atomic mass is 10.2. The molecule has 0 aliphatic carbocycles. The van der Waals surface area contributed by atoms with Crippen LogP contribution in [0.3, 0.4) is 0 Å². The fourth-order valence-electron chi connectivity index (χ4n) is 2.07. The van der Waals surface area contributed by atoms with Crippen molar-refractivity contribution >= 4 is 11.4 Å². The van der Waals surface area contributed by atoms with Crippen LogP contribution in [0, 0.1) is 27.2 Å². The van der Waals surface area contributed by atoms with Crippen molar-refractivity contribution in [2.75, 3.05) is 0 Å². The first-order valence-electron chi connectivity index (χ1n) is 6.70. The minimum Gasteiger partial charge on any atom is -0.337 e. The highest BCUT2D eigenvalue weighted by molar-refractivity contribution is 5.56. The largest absolute Gasteiger partial charge is 0.337 e. The Bertz CT molecular complexity index is 913. The Balaban J connectivity index is 1.81. The summed E-state index contributed by atoms with van der Waals surface area (Å²) in [6.45, 7) is 1.65. The molecule has 0 amide bonds. The maximum absolute atomic E-state index is 10.8. The van der Waals surface area contributed by atoms with Gasteiger partial charge in [0.25, 0.3) is 5.69 Å². The lowest BCUT2D eigenvalue weighted by molar-refractivity contribution is -0.385. The van der Waals surface area contributed by atoms with E-state index in [1.54, 1.807) is 6.92 Å². The molecule has 122 valence electrons. The molecule has 0 spiro atoms. The van der Waals surface area contributed by atoms with Gasteiger partial charge in [-0.2, -0.15) is 10.1 Å². The van der Waals surface area contributed by atoms with E-state index in [1.807, 2.05) is 0 Å². The summed E-state index contributed by atoms with van der Waals surface area (Å²) in [7, 11) is 0. The number of nitro groups is 2. The molecule has 0 aliphatic rings. The highest BCUT2D eigenvalue weighted by Gasteiger charge is 2.18. The Labute approximate surface area is 133 Å². The van der Waals surface area contributed by atoms with Gasteiger partial charge in [-0.15, -0.1) is 0 Å². The summed E-state index contributed by atoms with van der Waals surface area (Å²) >= 11 is 0. The van der Waals surface area contributed by atoms with Crippen LogP contribution in [0.25, 0.3) is 11.4 Å². The number of nitro benzene ring substituents is 1. The Morgan fingerprint density at radius 3 is 2.46 bits per heavy atom. The molecule has 24 heavy (non-hydrogen) atoms. The summed E-state index contributed by atoms with van der Waals surface area (Å²) in [5.74, 6) is 0.476. The molecule has 0 radical (unpaired) electrons. The van der Waals surface area contributed by atoms with Gasteiger partial charge in [0, 0.05) is 17.7 Å². The van der Waals surface area contributed by atoms with Crippen LogP contribution in [0.2, 0.25) is 0 Å². The van der Waals surface area contributed by atoms with E-state index in [0.29, 0.717) is 11.3 Å². The molecule has 3 rings (SSSR count). The lowest BCUT2D eigenvalue weighted by Crippen LogP contribution is -2.04. The van der Waals surface area contributed by atoms with Gasteiger partial charge < -0.3 is 4.52 Å². The van der Waals surface area contributed by atoms with Gasteiger partial charge in [-0.05, 0) is 19.1 Å². The lowest BCUT2D eigenvalue weighted by Gasteiger charge is -1.98. The number of aromatic nitrogens is 4. The highest BCUT2D eigenvalue weighted by atomic mass is 16.6. The van der Waals surface area contributed by atoms with Crippen molar-refractivity contribution in [2.24, 2.45) is 0 Å². The van der Waals surface area contributed by atoms with Gasteiger partial charge in [0.2, 0.25) is 11.7 Å². The SMILES string of the molecule is Cc1c([N+](=O)[O-])cnn1Cc1nc(-c2ccc([N+](=O)[O-])cc2)no1. The summed E-state index contributed by atoms with van der Waals surface area (Å²) in [6.07, 6.45) is 1.16. The molecule has 2 aromatic heterocycles. The number of non-ortho nitro benzene ring substituents is 1. The zero-order chi connectivity index (χ0) is 17.3. The standard InChI is InChI=1S/C13H10N6O5/c1-8-11(19(22)23)6-14-17(8)7-12-15-13(16-24-12)9-2-4-10(5-3-9)18(20)21/h2-6H,7H2,1H3. The highest BCUT2D eigenvalue weighted by Crippen LogP contribution is 2.21. The van der Waals surface area contributed by atoms with E-state index in [2.05, 4.69) is 15.2 Å². The molecule has 11 heteroatoms. The first kappa shape index (κ1) is 15.3. The first-order valence-corrected chi connectivity index (χ1v) is 6.70. The maximum atomic E-state index is 10.8. The third-order valence-electron chi connectivity index (χ3n) is 3.36. The average molecular weight is 330 g/mol. The summed E-state index contributed by atoms with van der Waals surface area (Å²) in [6, 6.07) is 5.70. The minimum absolute atomic E-state index is 0.0399. The predicted molar refractivity (Wildman–Crippen MR) is 79.1 cm³/mol. The maximum Gasteiger partial charge on any atom is 0.309 e. The van der Waals surface area contributed by atoms with Gasteiger partial charge in [0.15, 0.2) is 0 Å². The van der Waals surface area contributed by atoms with E-state index >= 15 is 0 Å². The first-order chi connectivity index (χ1) is 11.5. The third kappa shape index (κ3) is 2.82. The van der Waals surface area contributed by atoms with Crippen molar-refractivity contribution in [1.82, 2.24) is 19.9 Å². The third-order valence-corrected chi connectivity index (χ3v) is 3.36. The number of rotatable bonds is 5. The van der Waals surface area contributed by atoms with Gasteiger partial charge in [-0.25, -0.2) is 0 Å². The molecular formula is C13H10N6O5. The molecule has 11 nitrogen and oxygen atoms in total. The molecule has 0 unspecified atom stereocenters. The van der Waals surface area contributed by atoms with Crippen molar-refractivity contribution in [1.29, 1.82) is 0 Å². The Hall–Kier alpha value is -3.63. The molecular weight excluding hydrogens is 320 g/mol. The van der Waals surface area contributed by atoms with Gasteiger partial charge in [0.05, 0.1) is 9.85 Å². The number of nitrogens with zero attached hydrogens (tertiary/aromatic N) is 6. The van der Waals surface area contributed by atoms with E-state index in [4.69, 9.17) is 4.52 Å². The zero-order valence-electron chi connectivity index (χ0n) is 12.3. The molecule has 0 aliphatic heterocycles. The molecule has 0 saturated heterocycles. The summed E-state index contributed by atoms with van der Waals surface area (Å²) in [5.41, 5.74) is 0.793. The average Bonchev–Trinajstić information content (AvgIpc) is 3.15. The van der Waals surface area contributed by atoms with E-state index in [1.165, 1.54) is 28.9 Å². The van der Waals surface area contributed by atoms with Crippen LogP contribution in [0.5, 0.6) is 0 Å². The second-order valence-corrected chi connectivity index (χ2v) is 4.85. The molecule has 2 heterocycles. The van der Waals surface area contributed by atoms with Crippen molar-refractivity contribution in [2.45, 2.75) is 13.5 Å². The predicted octanol–water partition coefficient (Wildman–Crippen LogP) is 2.11. The topological polar surface area (TPSA) is 143 Å². The Morgan fingerprint density at radius 1 is 1.17 bits per heavy atom. The van der Waals surface area contributed by atoms with Crippen LogP contribution in [0.15, 0.2) is 35.0 Å². The number of hydrogen-bond acceptors (Lipinski definition) is 8. The molecule has 0 bridgehead atoms. The van der Waals surface area contributed by atoms with Crippen LogP contribution in [0.4, 0.5) is 11.4 Å². The van der Waals surface area contributed by atoms with Crippen molar-refractivity contribution in [3.63, 3.8) is 0 Å². The molecule has 0 saturated carbocycles. The summed E-state index contributed by atoms with van der Waals surface area (Å²) in [4.78, 5) is 24.6. The van der Waals surface area contributed by atoms with Crippen LogP contribution in [-0.4, -0.2) is 29.8 Å². The second kappa shape index (κ2) is 5.87.